The summed E-state index contributed by atoms with van der Waals surface area (Å²) in [6.45, 7) is 1.67. The maximum atomic E-state index is 5.79. The van der Waals surface area contributed by atoms with Gasteiger partial charge < -0.3 is 10.1 Å². The summed E-state index contributed by atoms with van der Waals surface area (Å²) in [5.74, 6) is 1.09. The molecule has 2 N–H and O–H groups in total. The first-order valence-corrected chi connectivity index (χ1v) is 8.27. The third kappa shape index (κ3) is 2.60. The van der Waals surface area contributed by atoms with Crippen molar-refractivity contribution in [1.29, 1.82) is 0 Å². The highest BCUT2D eigenvalue weighted by molar-refractivity contribution is 9.10. The van der Waals surface area contributed by atoms with Gasteiger partial charge in [-0.15, -0.1) is 0 Å². The number of aromatic amines is 1. The Morgan fingerprint density at radius 2 is 2.29 bits per heavy atom. The van der Waals surface area contributed by atoms with E-state index < -0.39 is 0 Å². The molecular formula is C16H18BrN3O. The first-order valence-electron chi connectivity index (χ1n) is 7.48. The van der Waals surface area contributed by atoms with Gasteiger partial charge in [0.15, 0.2) is 0 Å². The van der Waals surface area contributed by atoms with Gasteiger partial charge in [0, 0.05) is 34.7 Å². The van der Waals surface area contributed by atoms with Crippen LogP contribution < -0.4 is 10.1 Å². The smallest absolute Gasteiger partial charge is 0.127 e. The number of nitrogens with zero attached hydrogens (tertiary/aromatic N) is 1. The van der Waals surface area contributed by atoms with Gasteiger partial charge in [-0.3, -0.25) is 5.10 Å². The molecule has 110 valence electrons. The van der Waals surface area contributed by atoms with E-state index in [0.29, 0.717) is 6.04 Å². The quantitative estimate of drug-likeness (QED) is 0.897. The standard InChI is InChI=1S/C16H18BrN3O/c17-13-5-10-3-4-21-16(10)12(6-13)8-18-14-1-2-15-11(7-14)9-19-20-15/h5-6,9,14,18H,1-4,7-8H2,(H,19,20)/t14-/m1/s1. The third-order valence-corrected chi connectivity index (χ3v) is 4.88. The molecule has 0 fully saturated rings. The normalized spacial score (nSPS) is 20.0. The van der Waals surface area contributed by atoms with Gasteiger partial charge in [-0.05, 0) is 42.5 Å². The fourth-order valence-corrected chi connectivity index (χ4v) is 3.87. The van der Waals surface area contributed by atoms with Crippen molar-refractivity contribution in [3.63, 3.8) is 0 Å². The lowest BCUT2D eigenvalue weighted by atomic mass is 9.93. The van der Waals surface area contributed by atoms with Crippen molar-refractivity contribution in [2.75, 3.05) is 6.61 Å². The maximum Gasteiger partial charge on any atom is 0.127 e. The van der Waals surface area contributed by atoms with Crippen molar-refractivity contribution in [3.8, 4) is 5.75 Å². The lowest BCUT2D eigenvalue weighted by Gasteiger charge is -2.23. The van der Waals surface area contributed by atoms with Gasteiger partial charge in [-0.1, -0.05) is 15.9 Å². The monoisotopic (exact) mass is 347 g/mol. The summed E-state index contributed by atoms with van der Waals surface area (Å²) >= 11 is 3.60. The zero-order chi connectivity index (χ0) is 14.2. The van der Waals surface area contributed by atoms with E-state index >= 15 is 0 Å². The number of rotatable bonds is 3. The van der Waals surface area contributed by atoms with Crippen LogP contribution in [-0.4, -0.2) is 22.8 Å². The average Bonchev–Trinajstić information content (AvgIpc) is 3.12. The van der Waals surface area contributed by atoms with E-state index in [1.807, 2.05) is 6.20 Å². The molecule has 1 aromatic carbocycles. The Morgan fingerprint density at radius 3 is 3.24 bits per heavy atom. The molecule has 4 nitrogen and oxygen atoms in total. The number of aromatic nitrogens is 2. The van der Waals surface area contributed by atoms with Crippen LogP contribution in [0.25, 0.3) is 0 Å². The van der Waals surface area contributed by atoms with E-state index in [0.717, 1.165) is 49.1 Å². The van der Waals surface area contributed by atoms with Crippen LogP contribution in [0.5, 0.6) is 5.75 Å². The molecule has 0 unspecified atom stereocenters. The molecule has 1 aliphatic carbocycles. The molecule has 4 rings (SSSR count). The second-order valence-electron chi connectivity index (χ2n) is 5.85. The van der Waals surface area contributed by atoms with Crippen LogP contribution in [0.4, 0.5) is 0 Å². The van der Waals surface area contributed by atoms with E-state index in [2.05, 4.69) is 43.6 Å². The molecule has 1 atom stereocenters. The van der Waals surface area contributed by atoms with Gasteiger partial charge >= 0.3 is 0 Å². The van der Waals surface area contributed by atoms with Crippen LogP contribution in [0.2, 0.25) is 0 Å². The van der Waals surface area contributed by atoms with Crippen LogP contribution >= 0.6 is 15.9 Å². The lowest BCUT2D eigenvalue weighted by Crippen LogP contribution is -2.34. The molecule has 0 saturated heterocycles. The van der Waals surface area contributed by atoms with Crippen molar-refractivity contribution >= 4 is 15.9 Å². The number of hydrogen-bond acceptors (Lipinski definition) is 3. The van der Waals surface area contributed by atoms with Crippen LogP contribution in [0.15, 0.2) is 22.8 Å². The highest BCUT2D eigenvalue weighted by Crippen LogP contribution is 2.33. The fourth-order valence-electron chi connectivity index (χ4n) is 3.32. The molecule has 0 saturated carbocycles. The molecule has 0 bridgehead atoms. The van der Waals surface area contributed by atoms with Crippen LogP contribution in [0.3, 0.4) is 0 Å². The number of halogens is 1. The Morgan fingerprint density at radius 1 is 1.33 bits per heavy atom. The number of fused-ring (bicyclic) bond motifs is 2. The highest BCUT2D eigenvalue weighted by atomic mass is 79.9. The minimum atomic E-state index is 0.520. The zero-order valence-corrected chi connectivity index (χ0v) is 13.4. The van der Waals surface area contributed by atoms with Crippen LogP contribution in [-0.2, 0) is 25.8 Å². The predicted molar refractivity (Wildman–Crippen MR) is 84.6 cm³/mol. The number of nitrogens with one attached hydrogen (secondary N) is 2. The predicted octanol–water partition coefficient (Wildman–Crippen LogP) is 2.75. The highest BCUT2D eigenvalue weighted by Gasteiger charge is 2.21. The van der Waals surface area contributed by atoms with Crippen molar-refractivity contribution < 1.29 is 4.74 Å². The van der Waals surface area contributed by atoms with Gasteiger partial charge in [-0.25, -0.2) is 0 Å². The maximum absolute atomic E-state index is 5.79. The number of H-pyrrole nitrogens is 1. The molecule has 0 spiro atoms. The first kappa shape index (κ1) is 13.3. The van der Waals surface area contributed by atoms with Crippen molar-refractivity contribution in [2.45, 2.75) is 38.3 Å². The van der Waals surface area contributed by atoms with Crippen molar-refractivity contribution in [1.82, 2.24) is 15.5 Å². The summed E-state index contributed by atoms with van der Waals surface area (Å²) in [7, 11) is 0. The molecule has 5 heteroatoms. The van der Waals surface area contributed by atoms with E-state index in [1.54, 1.807) is 0 Å². The largest absolute Gasteiger partial charge is 0.493 e. The Bertz CT molecular complexity index is 668. The second-order valence-corrected chi connectivity index (χ2v) is 6.76. The summed E-state index contributed by atoms with van der Waals surface area (Å²) < 4.78 is 6.94. The molecule has 2 aliphatic rings. The van der Waals surface area contributed by atoms with E-state index in [9.17, 15) is 0 Å². The van der Waals surface area contributed by atoms with Crippen LogP contribution in [0.1, 0.15) is 28.8 Å². The average molecular weight is 348 g/mol. The summed E-state index contributed by atoms with van der Waals surface area (Å²) in [6.07, 6.45) is 6.28. The molecule has 1 aromatic heterocycles. The summed E-state index contributed by atoms with van der Waals surface area (Å²) in [4.78, 5) is 0. The molecule has 21 heavy (non-hydrogen) atoms. The second kappa shape index (κ2) is 5.46. The molecule has 2 heterocycles. The van der Waals surface area contributed by atoms with E-state index in [1.165, 1.54) is 22.4 Å². The lowest BCUT2D eigenvalue weighted by molar-refractivity contribution is 0.350. The number of hydrogen-bond donors (Lipinski definition) is 2. The van der Waals surface area contributed by atoms with E-state index in [4.69, 9.17) is 4.74 Å². The van der Waals surface area contributed by atoms with Crippen LogP contribution in [0, 0.1) is 0 Å². The topological polar surface area (TPSA) is 49.9 Å². The summed E-state index contributed by atoms with van der Waals surface area (Å²) in [5, 5.41) is 10.9. The minimum absolute atomic E-state index is 0.520. The van der Waals surface area contributed by atoms with Gasteiger partial charge in [-0.2, -0.15) is 5.10 Å². The number of ether oxygens (including phenoxy) is 1. The van der Waals surface area contributed by atoms with Crippen molar-refractivity contribution in [3.05, 3.63) is 45.2 Å². The SMILES string of the molecule is Brc1cc2c(c(CN[C@@H]3CCc4[nH]ncc4C3)c1)OCC2. The van der Waals surface area contributed by atoms with Gasteiger partial charge in [0.25, 0.3) is 0 Å². The molecule has 1 aliphatic heterocycles. The van der Waals surface area contributed by atoms with Gasteiger partial charge in [0.05, 0.1) is 12.8 Å². The Hall–Kier alpha value is -1.33. The molecule has 2 aromatic rings. The summed E-state index contributed by atoms with van der Waals surface area (Å²) in [6, 6.07) is 4.86. The first-order chi connectivity index (χ1) is 10.3. The summed E-state index contributed by atoms with van der Waals surface area (Å²) in [5.41, 5.74) is 5.24. The third-order valence-electron chi connectivity index (χ3n) is 4.42. The molecule has 0 radical (unpaired) electrons. The zero-order valence-electron chi connectivity index (χ0n) is 11.8. The van der Waals surface area contributed by atoms with Crippen molar-refractivity contribution in [2.24, 2.45) is 0 Å². The Labute approximate surface area is 132 Å². The molecular weight excluding hydrogens is 330 g/mol. The Kier molecular flexibility index (Phi) is 3.47. The molecule has 0 amide bonds. The van der Waals surface area contributed by atoms with Gasteiger partial charge in [0.2, 0.25) is 0 Å². The Balaban J connectivity index is 1.46. The van der Waals surface area contributed by atoms with E-state index in [-0.39, 0.29) is 0 Å². The fraction of sp³-hybridized carbons (Fsp3) is 0.438. The number of aryl methyl sites for hydroxylation is 1. The number of benzene rings is 1. The minimum Gasteiger partial charge on any atom is -0.493 e. The van der Waals surface area contributed by atoms with Gasteiger partial charge in [0.1, 0.15) is 5.75 Å².